The molecular formula is C40H55NO7. The number of fused-ring (bicyclic) bond motifs is 3. The van der Waals surface area contributed by atoms with Crippen LogP contribution in [-0.2, 0) is 30.1 Å². The Bertz CT molecular complexity index is 1250. The van der Waals surface area contributed by atoms with E-state index in [1.54, 1.807) is 0 Å². The second-order valence-corrected chi connectivity index (χ2v) is 12.1. The van der Waals surface area contributed by atoms with Crippen LogP contribution in [0.3, 0.4) is 0 Å². The van der Waals surface area contributed by atoms with Crippen molar-refractivity contribution in [3.63, 3.8) is 0 Å². The lowest BCUT2D eigenvalue weighted by Crippen LogP contribution is -2.27. The molecule has 0 heterocycles. The fourth-order valence-electron chi connectivity index (χ4n) is 5.86. The summed E-state index contributed by atoms with van der Waals surface area (Å²) in [7, 11) is 0. The van der Waals surface area contributed by atoms with Gasteiger partial charge in [0.05, 0.1) is 46.2 Å². The van der Waals surface area contributed by atoms with Crippen molar-refractivity contribution in [2.24, 2.45) is 0 Å². The number of hydrogen-bond acceptors (Lipinski definition) is 7. The van der Waals surface area contributed by atoms with Crippen molar-refractivity contribution in [2.45, 2.75) is 64.2 Å². The summed E-state index contributed by atoms with van der Waals surface area (Å²) in [6, 6.07) is 25.1. The van der Waals surface area contributed by atoms with Gasteiger partial charge in [-0.15, -0.1) is 0 Å². The summed E-state index contributed by atoms with van der Waals surface area (Å²) in [6.07, 6.45) is 9.37. The zero-order valence-electron chi connectivity index (χ0n) is 28.8. The molecule has 0 unspecified atom stereocenters. The first-order valence-electron chi connectivity index (χ1n) is 17.9. The fourth-order valence-corrected chi connectivity index (χ4v) is 5.86. The quantitative estimate of drug-likeness (QED) is 0.0874. The van der Waals surface area contributed by atoms with Crippen LogP contribution in [0.2, 0.25) is 0 Å². The van der Waals surface area contributed by atoms with Gasteiger partial charge in [-0.05, 0) is 59.2 Å². The summed E-state index contributed by atoms with van der Waals surface area (Å²) in [6.45, 7) is 7.69. The average molecular weight is 662 g/mol. The molecule has 0 atom stereocenters. The smallest absolute Gasteiger partial charge is 0.407 e. The normalized spacial score (nSPS) is 12.1. The molecule has 3 aromatic rings. The number of unbranched alkanes of at least 4 members (excludes halogenated alkanes) is 5. The summed E-state index contributed by atoms with van der Waals surface area (Å²) >= 11 is 0. The van der Waals surface area contributed by atoms with Gasteiger partial charge in [0.2, 0.25) is 0 Å². The Morgan fingerprint density at radius 2 is 1.15 bits per heavy atom. The van der Waals surface area contributed by atoms with Crippen molar-refractivity contribution in [3.05, 3.63) is 89.5 Å². The molecule has 8 heteroatoms. The molecule has 0 saturated carbocycles. The highest BCUT2D eigenvalue weighted by Gasteiger charge is 2.28. The van der Waals surface area contributed by atoms with E-state index < -0.39 is 6.09 Å². The van der Waals surface area contributed by atoms with Crippen LogP contribution in [0.15, 0.2) is 72.8 Å². The van der Waals surface area contributed by atoms with Crippen LogP contribution in [0.4, 0.5) is 4.79 Å². The van der Waals surface area contributed by atoms with E-state index in [-0.39, 0.29) is 5.92 Å². The zero-order chi connectivity index (χ0) is 33.5. The van der Waals surface area contributed by atoms with E-state index in [9.17, 15) is 4.79 Å². The van der Waals surface area contributed by atoms with Gasteiger partial charge >= 0.3 is 6.09 Å². The monoisotopic (exact) mass is 661 g/mol. The van der Waals surface area contributed by atoms with Gasteiger partial charge in [0, 0.05) is 19.1 Å². The number of benzene rings is 3. The van der Waals surface area contributed by atoms with E-state index in [2.05, 4.69) is 48.6 Å². The molecule has 0 saturated heterocycles. The standard InChI is InChI=1S/C40H55NO7/c1-2-3-4-5-6-7-13-33-18-20-34(21-19-33)47-31-30-46-29-28-45-27-26-44-25-24-43-23-12-22-41-40(42)48-32-39-37-16-10-8-14-35(37)36-15-9-11-17-38(36)39/h8-11,14-21,39H,2-7,12-13,22-32H2,1H3,(H,41,42). The van der Waals surface area contributed by atoms with Crippen molar-refractivity contribution in [2.75, 3.05) is 72.6 Å². The van der Waals surface area contributed by atoms with Crippen LogP contribution >= 0.6 is 0 Å². The molecule has 1 aliphatic rings. The minimum absolute atomic E-state index is 0.0591. The Balaban J connectivity index is 0.881. The molecule has 1 amide bonds. The maximum Gasteiger partial charge on any atom is 0.407 e. The number of aryl methyl sites for hydroxylation is 1. The second kappa shape index (κ2) is 23.0. The third kappa shape index (κ3) is 13.6. The molecule has 0 aromatic heterocycles. The third-order valence-electron chi connectivity index (χ3n) is 8.43. The van der Waals surface area contributed by atoms with Gasteiger partial charge in [-0.1, -0.05) is 99.7 Å². The van der Waals surface area contributed by atoms with E-state index >= 15 is 0 Å². The summed E-state index contributed by atoms with van der Waals surface area (Å²) < 4.78 is 33.6. The summed E-state index contributed by atoms with van der Waals surface area (Å²) in [5.74, 6) is 0.941. The third-order valence-corrected chi connectivity index (χ3v) is 8.43. The molecule has 0 radical (unpaired) electrons. The fraction of sp³-hybridized carbons (Fsp3) is 0.525. The molecule has 1 aliphatic carbocycles. The largest absolute Gasteiger partial charge is 0.491 e. The van der Waals surface area contributed by atoms with Gasteiger partial charge in [-0.25, -0.2) is 4.79 Å². The number of nitrogens with one attached hydrogen (secondary N) is 1. The molecule has 0 spiro atoms. The van der Waals surface area contributed by atoms with E-state index in [1.165, 1.54) is 66.3 Å². The highest BCUT2D eigenvalue weighted by atomic mass is 16.6. The van der Waals surface area contributed by atoms with Crippen molar-refractivity contribution in [3.8, 4) is 16.9 Å². The van der Waals surface area contributed by atoms with E-state index in [0.29, 0.717) is 79.0 Å². The van der Waals surface area contributed by atoms with Crippen LogP contribution in [0.5, 0.6) is 5.75 Å². The lowest BCUT2D eigenvalue weighted by atomic mass is 9.98. The molecule has 0 bridgehead atoms. The molecular weight excluding hydrogens is 606 g/mol. The predicted molar refractivity (Wildman–Crippen MR) is 190 cm³/mol. The first-order valence-corrected chi connectivity index (χ1v) is 17.9. The number of amides is 1. The molecule has 262 valence electrons. The number of alkyl carbamates (subject to hydrolysis) is 1. The average Bonchev–Trinajstić information content (AvgIpc) is 3.44. The zero-order valence-corrected chi connectivity index (χ0v) is 28.8. The second-order valence-electron chi connectivity index (χ2n) is 12.1. The summed E-state index contributed by atoms with van der Waals surface area (Å²) in [5, 5.41) is 2.82. The lowest BCUT2D eigenvalue weighted by molar-refractivity contribution is -0.00472. The minimum Gasteiger partial charge on any atom is -0.491 e. The Morgan fingerprint density at radius 3 is 1.77 bits per heavy atom. The van der Waals surface area contributed by atoms with Crippen molar-refractivity contribution in [1.82, 2.24) is 5.32 Å². The van der Waals surface area contributed by atoms with Crippen LogP contribution < -0.4 is 10.1 Å². The minimum atomic E-state index is -0.404. The van der Waals surface area contributed by atoms with E-state index in [0.717, 1.165) is 12.2 Å². The highest BCUT2D eigenvalue weighted by molar-refractivity contribution is 5.79. The van der Waals surface area contributed by atoms with E-state index in [1.807, 2.05) is 36.4 Å². The first kappa shape index (κ1) is 37.4. The molecule has 3 aromatic carbocycles. The molecule has 0 aliphatic heterocycles. The Morgan fingerprint density at radius 1 is 0.604 bits per heavy atom. The SMILES string of the molecule is CCCCCCCCc1ccc(OCCOCCOCCOCCOCCCNC(=O)OCC2c3ccccc3-c3ccccc32)cc1. The maximum atomic E-state index is 12.3. The van der Waals surface area contributed by atoms with Gasteiger partial charge < -0.3 is 33.7 Å². The number of ether oxygens (including phenoxy) is 6. The van der Waals surface area contributed by atoms with Crippen molar-refractivity contribution < 1.29 is 33.2 Å². The topological polar surface area (TPSA) is 84.5 Å². The van der Waals surface area contributed by atoms with Crippen molar-refractivity contribution in [1.29, 1.82) is 0 Å². The van der Waals surface area contributed by atoms with Gasteiger partial charge in [0.15, 0.2) is 0 Å². The number of carbonyl (C=O) groups is 1. The summed E-state index contributed by atoms with van der Waals surface area (Å²) in [4.78, 5) is 12.3. The summed E-state index contributed by atoms with van der Waals surface area (Å²) in [5.41, 5.74) is 6.22. The van der Waals surface area contributed by atoms with Gasteiger partial charge in [-0.3, -0.25) is 0 Å². The molecule has 48 heavy (non-hydrogen) atoms. The lowest BCUT2D eigenvalue weighted by Gasteiger charge is -2.14. The number of hydrogen-bond donors (Lipinski definition) is 1. The van der Waals surface area contributed by atoms with E-state index in [4.69, 9.17) is 28.4 Å². The Hall–Kier alpha value is -3.43. The Kier molecular flexibility index (Phi) is 17.9. The maximum absolute atomic E-state index is 12.3. The van der Waals surface area contributed by atoms with Crippen LogP contribution in [0.1, 0.15) is 74.5 Å². The molecule has 4 rings (SSSR count). The van der Waals surface area contributed by atoms with Crippen LogP contribution in [-0.4, -0.2) is 78.7 Å². The first-order chi connectivity index (χ1) is 23.8. The van der Waals surface area contributed by atoms with Crippen LogP contribution in [0, 0.1) is 0 Å². The molecule has 1 N–H and O–H groups in total. The van der Waals surface area contributed by atoms with Gasteiger partial charge in [0.1, 0.15) is 19.0 Å². The van der Waals surface area contributed by atoms with Crippen molar-refractivity contribution >= 4 is 6.09 Å². The van der Waals surface area contributed by atoms with Gasteiger partial charge in [0.25, 0.3) is 0 Å². The highest BCUT2D eigenvalue weighted by Crippen LogP contribution is 2.44. The number of rotatable bonds is 26. The Labute approximate surface area is 287 Å². The molecule has 8 nitrogen and oxygen atoms in total. The van der Waals surface area contributed by atoms with Gasteiger partial charge in [-0.2, -0.15) is 0 Å². The molecule has 0 fully saturated rings. The predicted octanol–water partition coefficient (Wildman–Crippen LogP) is 7.96. The van der Waals surface area contributed by atoms with Crippen LogP contribution in [0.25, 0.3) is 11.1 Å². The number of carbonyl (C=O) groups excluding carboxylic acids is 1.